The van der Waals surface area contributed by atoms with Gasteiger partial charge in [-0.05, 0) is 32.8 Å². The molecular weight excluding hydrogens is 350 g/mol. The van der Waals surface area contributed by atoms with E-state index in [1.165, 1.54) is 5.56 Å². The summed E-state index contributed by atoms with van der Waals surface area (Å²) >= 11 is 0. The highest BCUT2D eigenvalue weighted by atomic mass is 28.4. The molecule has 26 heavy (non-hydrogen) atoms. The Hall–Kier alpha value is -1.25. The van der Waals surface area contributed by atoms with Crippen molar-refractivity contribution in [2.45, 2.75) is 45.8 Å². The van der Waals surface area contributed by atoms with E-state index in [0.29, 0.717) is 38.9 Å². The van der Waals surface area contributed by atoms with Crippen LogP contribution in [0.1, 0.15) is 32.8 Å². The molecule has 0 spiro atoms. The van der Waals surface area contributed by atoms with Crippen molar-refractivity contribution >= 4 is 14.8 Å². The number of ether oxygens (including phenoxy) is 1. The van der Waals surface area contributed by atoms with Gasteiger partial charge in [0.05, 0.1) is 6.61 Å². The van der Waals surface area contributed by atoms with Crippen LogP contribution in [0.15, 0.2) is 30.3 Å². The Morgan fingerprint density at radius 2 is 1.69 bits per heavy atom. The van der Waals surface area contributed by atoms with Crippen molar-refractivity contribution in [3.63, 3.8) is 0 Å². The fourth-order valence-corrected chi connectivity index (χ4v) is 5.53. The highest BCUT2D eigenvalue weighted by Crippen LogP contribution is 2.23. The average molecular weight is 382 g/mol. The van der Waals surface area contributed by atoms with Crippen LogP contribution < -0.4 is 0 Å². The van der Waals surface area contributed by atoms with Crippen molar-refractivity contribution in [2.24, 2.45) is 0 Å². The predicted molar refractivity (Wildman–Crippen MR) is 102 cm³/mol. The third-order valence-corrected chi connectivity index (χ3v) is 7.33. The van der Waals surface area contributed by atoms with Crippen molar-refractivity contribution in [1.82, 2.24) is 4.90 Å². The second kappa shape index (κ2) is 10.8. The van der Waals surface area contributed by atoms with E-state index >= 15 is 0 Å². The minimum absolute atomic E-state index is 0.108. The number of hydrogen-bond acceptors (Lipinski definition) is 6. The standard InChI is InChI=1S/C19H31NO5Si/c1-4-23-26(24-5-2,25-6-3)14-10-13-22-19(21)18-16-20(18)15-17-11-8-7-9-12-17/h7-9,11-12,18H,4-6,10,13-16H2,1-3H3. The highest BCUT2D eigenvalue weighted by molar-refractivity contribution is 6.60. The van der Waals surface area contributed by atoms with Gasteiger partial charge in [0, 0.05) is 39.0 Å². The molecule has 0 amide bonds. The third kappa shape index (κ3) is 6.48. The quantitative estimate of drug-likeness (QED) is 0.227. The molecule has 0 N–H and O–H groups in total. The molecule has 0 bridgehead atoms. The van der Waals surface area contributed by atoms with Gasteiger partial charge in [0.25, 0.3) is 0 Å². The first-order valence-electron chi connectivity index (χ1n) is 9.50. The maximum Gasteiger partial charge on any atom is 0.501 e. The summed E-state index contributed by atoms with van der Waals surface area (Å²) in [6.45, 7) is 9.42. The number of esters is 1. The number of nitrogens with zero attached hydrogens (tertiary/aromatic N) is 1. The van der Waals surface area contributed by atoms with Crippen LogP contribution in [0.3, 0.4) is 0 Å². The van der Waals surface area contributed by atoms with E-state index in [9.17, 15) is 4.79 Å². The van der Waals surface area contributed by atoms with Crippen LogP contribution in [0, 0.1) is 0 Å². The van der Waals surface area contributed by atoms with E-state index in [1.54, 1.807) is 0 Å². The minimum atomic E-state index is -2.65. The van der Waals surface area contributed by atoms with Crippen molar-refractivity contribution in [3.8, 4) is 0 Å². The molecule has 7 heteroatoms. The van der Waals surface area contributed by atoms with Gasteiger partial charge < -0.3 is 18.0 Å². The molecule has 1 fully saturated rings. The number of rotatable bonds is 13. The van der Waals surface area contributed by atoms with Crippen LogP contribution in [-0.4, -0.2) is 58.7 Å². The van der Waals surface area contributed by atoms with Crippen LogP contribution in [0.25, 0.3) is 0 Å². The number of carbonyl (C=O) groups is 1. The highest BCUT2D eigenvalue weighted by Gasteiger charge is 2.42. The molecule has 0 saturated carbocycles. The fourth-order valence-electron chi connectivity index (χ4n) is 2.95. The summed E-state index contributed by atoms with van der Waals surface area (Å²) in [7, 11) is -2.65. The van der Waals surface area contributed by atoms with Gasteiger partial charge in [0.1, 0.15) is 6.04 Å². The molecule has 1 aliphatic heterocycles. The molecule has 0 radical (unpaired) electrons. The summed E-state index contributed by atoms with van der Waals surface area (Å²) < 4.78 is 22.9. The lowest BCUT2D eigenvalue weighted by Gasteiger charge is -2.28. The van der Waals surface area contributed by atoms with Crippen molar-refractivity contribution in [3.05, 3.63) is 35.9 Å². The molecule has 1 heterocycles. The van der Waals surface area contributed by atoms with Crippen LogP contribution in [0.4, 0.5) is 0 Å². The Morgan fingerprint density at radius 1 is 1.08 bits per heavy atom. The SMILES string of the molecule is CCO[Si](CCCOC(=O)C1CN1Cc1ccccc1)(OCC)OCC. The molecular formula is C19H31NO5Si. The molecule has 1 aromatic rings. The van der Waals surface area contributed by atoms with Gasteiger partial charge in [0.2, 0.25) is 0 Å². The normalized spacial score (nSPS) is 19.3. The average Bonchev–Trinajstić information content (AvgIpc) is 3.39. The van der Waals surface area contributed by atoms with E-state index in [-0.39, 0.29) is 12.0 Å². The summed E-state index contributed by atoms with van der Waals surface area (Å²) in [6, 6.07) is 10.7. The van der Waals surface area contributed by atoms with Gasteiger partial charge in [-0.15, -0.1) is 0 Å². The second-order valence-electron chi connectivity index (χ2n) is 6.18. The molecule has 0 aliphatic carbocycles. The third-order valence-electron chi connectivity index (χ3n) is 4.18. The summed E-state index contributed by atoms with van der Waals surface area (Å²) in [5.74, 6) is -0.141. The largest absolute Gasteiger partial charge is 0.501 e. The Balaban J connectivity index is 1.69. The minimum Gasteiger partial charge on any atom is -0.464 e. The van der Waals surface area contributed by atoms with Crippen LogP contribution in [0.2, 0.25) is 6.04 Å². The van der Waals surface area contributed by atoms with Crippen molar-refractivity contribution in [2.75, 3.05) is 33.0 Å². The molecule has 146 valence electrons. The number of hydrogen-bond donors (Lipinski definition) is 0. The lowest BCUT2D eigenvalue weighted by molar-refractivity contribution is -0.144. The number of carbonyl (C=O) groups excluding carboxylic acids is 1. The van der Waals surface area contributed by atoms with E-state index in [1.807, 2.05) is 39.0 Å². The summed E-state index contributed by atoms with van der Waals surface area (Å²) in [5.41, 5.74) is 1.21. The molecule has 2 atom stereocenters. The van der Waals surface area contributed by atoms with Gasteiger partial charge in [-0.25, -0.2) is 0 Å². The van der Waals surface area contributed by atoms with E-state index < -0.39 is 8.80 Å². The van der Waals surface area contributed by atoms with Gasteiger partial charge in [-0.3, -0.25) is 9.69 Å². The zero-order valence-electron chi connectivity index (χ0n) is 16.1. The monoisotopic (exact) mass is 381 g/mol. The lowest BCUT2D eigenvalue weighted by atomic mass is 10.2. The first kappa shape index (κ1) is 21.1. The zero-order valence-corrected chi connectivity index (χ0v) is 17.1. The molecule has 2 unspecified atom stereocenters. The van der Waals surface area contributed by atoms with Gasteiger partial charge >= 0.3 is 14.8 Å². The van der Waals surface area contributed by atoms with E-state index in [4.69, 9.17) is 18.0 Å². The van der Waals surface area contributed by atoms with Gasteiger partial charge in [-0.2, -0.15) is 0 Å². The fraction of sp³-hybridized carbons (Fsp3) is 0.632. The first-order chi connectivity index (χ1) is 12.6. The van der Waals surface area contributed by atoms with Crippen molar-refractivity contribution < 1.29 is 22.8 Å². The van der Waals surface area contributed by atoms with Gasteiger partial charge in [-0.1, -0.05) is 30.3 Å². The molecule has 1 aromatic carbocycles. The van der Waals surface area contributed by atoms with Crippen LogP contribution in [-0.2, 0) is 29.4 Å². The predicted octanol–water partition coefficient (Wildman–Crippen LogP) is 2.85. The Kier molecular flexibility index (Phi) is 8.74. The Labute approximate surface area is 157 Å². The Bertz CT molecular complexity index is 525. The topological polar surface area (TPSA) is 57.0 Å². The smallest absolute Gasteiger partial charge is 0.464 e. The summed E-state index contributed by atoms with van der Waals surface area (Å²) in [6.07, 6.45) is 0.684. The van der Waals surface area contributed by atoms with Crippen LogP contribution in [0.5, 0.6) is 0 Å². The molecule has 1 saturated heterocycles. The van der Waals surface area contributed by atoms with Crippen LogP contribution >= 0.6 is 0 Å². The molecule has 2 rings (SSSR count). The Morgan fingerprint density at radius 3 is 2.27 bits per heavy atom. The number of benzene rings is 1. The second-order valence-corrected chi connectivity index (χ2v) is 8.92. The summed E-state index contributed by atoms with van der Waals surface area (Å²) in [4.78, 5) is 14.3. The first-order valence-corrected chi connectivity index (χ1v) is 11.4. The van der Waals surface area contributed by atoms with E-state index in [0.717, 1.165) is 13.1 Å². The van der Waals surface area contributed by atoms with E-state index in [2.05, 4.69) is 17.0 Å². The molecule has 6 nitrogen and oxygen atoms in total. The molecule has 1 aliphatic rings. The summed E-state index contributed by atoms with van der Waals surface area (Å²) in [5, 5.41) is 0. The van der Waals surface area contributed by atoms with Gasteiger partial charge in [0.15, 0.2) is 0 Å². The maximum atomic E-state index is 12.2. The maximum absolute atomic E-state index is 12.2. The van der Waals surface area contributed by atoms with Crippen molar-refractivity contribution in [1.29, 1.82) is 0 Å². The zero-order chi connectivity index (χ0) is 18.8. The molecule has 0 aromatic heterocycles. The lowest BCUT2D eigenvalue weighted by Crippen LogP contribution is -2.46.